The predicted octanol–water partition coefficient (Wildman–Crippen LogP) is 6.18. The number of hydrogen-bond donors (Lipinski definition) is 2. The predicted molar refractivity (Wildman–Crippen MR) is 119 cm³/mol. The Balaban J connectivity index is 1.81. The maximum atomic E-state index is 6.43. The summed E-state index contributed by atoms with van der Waals surface area (Å²) in [6.45, 7) is 4.53. The summed E-state index contributed by atoms with van der Waals surface area (Å²) in [4.78, 5) is 7.14. The Morgan fingerprint density at radius 1 is 1.41 bits per heavy atom. The number of hydrogen-bond acceptors (Lipinski definition) is 5. The quantitative estimate of drug-likeness (QED) is 0.298. The number of anilines is 1. The van der Waals surface area contributed by atoms with Gasteiger partial charge in [-0.05, 0) is 30.4 Å². The molecule has 0 aliphatic heterocycles. The number of allylic oxidation sites excluding steroid dienone is 1. The third kappa shape index (κ3) is 3.75. The Morgan fingerprint density at radius 2 is 2.26 bits per heavy atom. The number of pyridine rings is 1. The molecule has 3 aromatic rings. The van der Waals surface area contributed by atoms with Crippen LogP contribution in [0.1, 0.15) is 34.1 Å². The van der Waals surface area contributed by atoms with E-state index in [1.165, 1.54) is 9.75 Å². The molecule has 0 saturated carbocycles. The Kier molecular flexibility index (Phi) is 5.48. The lowest BCUT2D eigenvalue weighted by molar-refractivity contribution is 0.527. The highest BCUT2D eigenvalue weighted by Gasteiger charge is 2.27. The lowest BCUT2D eigenvalue weighted by Gasteiger charge is -2.24. The number of fused-ring (bicyclic) bond motifs is 1. The SMILES string of the molecule is C=C=Cc1c([C@H]2CC=CC[C@@H]2N)sc2c(NCc3cccs3)cc(Cl)nc12. The average Bonchev–Trinajstić information content (AvgIpc) is 3.29. The van der Waals surface area contributed by atoms with E-state index < -0.39 is 0 Å². The van der Waals surface area contributed by atoms with Crippen molar-refractivity contribution in [3.05, 3.63) is 68.5 Å². The zero-order chi connectivity index (χ0) is 18.8. The van der Waals surface area contributed by atoms with E-state index in [0.29, 0.717) is 5.15 Å². The van der Waals surface area contributed by atoms with Crippen LogP contribution in [-0.4, -0.2) is 11.0 Å². The number of aromatic nitrogens is 1. The molecule has 0 amide bonds. The molecule has 3 aromatic heterocycles. The topological polar surface area (TPSA) is 50.9 Å². The van der Waals surface area contributed by atoms with Crippen molar-refractivity contribution in [1.29, 1.82) is 0 Å². The van der Waals surface area contributed by atoms with Gasteiger partial charge in [-0.2, -0.15) is 0 Å². The highest BCUT2D eigenvalue weighted by atomic mass is 35.5. The van der Waals surface area contributed by atoms with Crippen molar-refractivity contribution in [3.8, 4) is 0 Å². The van der Waals surface area contributed by atoms with Gasteiger partial charge in [0.25, 0.3) is 0 Å². The number of rotatable bonds is 5. The monoisotopic (exact) mass is 413 g/mol. The summed E-state index contributed by atoms with van der Waals surface area (Å²) >= 11 is 9.84. The Morgan fingerprint density at radius 3 is 3.00 bits per heavy atom. The van der Waals surface area contributed by atoms with Crippen LogP contribution in [0.3, 0.4) is 0 Å². The second kappa shape index (κ2) is 8.01. The summed E-state index contributed by atoms with van der Waals surface area (Å²) in [5.41, 5.74) is 12.3. The fraction of sp³-hybridized carbons (Fsp3) is 0.238. The zero-order valence-electron chi connectivity index (χ0n) is 14.7. The van der Waals surface area contributed by atoms with E-state index in [1.807, 2.05) is 12.1 Å². The lowest BCUT2D eigenvalue weighted by atomic mass is 9.87. The van der Waals surface area contributed by atoms with Gasteiger partial charge in [-0.25, -0.2) is 4.98 Å². The molecule has 4 rings (SSSR count). The van der Waals surface area contributed by atoms with E-state index in [0.717, 1.165) is 40.9 Å². The average molecular weight is 414 g/mol. The summed E-state index contributed by atoms with van der Waals surface area (Å²) < 4.78 is 1.11. The van der Waals surface area contributed by atoms with Crippen LogP contribution in [0.2, 0.25) is 5.15 Å². The second-order valence-corrected chi connectivity index (χ2v) is 9.02. The van der Waals surface area contributed by atoms with Crippen LogP contribution in [-0.2, 0) is 6.54 Å². The normalized spacial score (nSPS) is 19.2. The van der Waals surface area contributed by atoms with Crippen LogP contribution in [0, 0.1) is 0 Å². The maximum Gasteiger partial charge on any atom is 0.131 e. The first kappa shape index (κ1) is 18.5. The standard InChI is InChI=1S/C21H20ClN3S2/c1-2-6-15-19-21(27-20(15)14-8-3-4-9-16(14)23)17(11-18(22)25-19)24-12-13-7-5-10-26-13/h3-7,10-11,14,16H,1,8-9,12,23H2,(H,24,25)/t14-,16-/m0/s1. The molecule has 0 spiro atoms. The molecule has 2 atom stereocenters. The first-order chi connectivity index (χ1) is 13.2. The molecule has 1 aliphatic carbocycles. The van der Waals surface area contributed by atoms with Gasteiger partial charge < -0.3 is 11.1 Å². The van der Waals surface area contributed by atoms with Crippen molar-refractivity contribution >= 4 is 56.3 Å². The molecule has 0 radical (unpaired) electrons. The van der Waals surface area contributed by atoms with E-state index >= 15 is 0 Å². The minimum Gasteiger partial charge on any atom is -0.379 e. The molecule has 0 bridgehead atoms. The van der Waals surface area contributed by atoms with Crippen LogP contribution in [0.5, 0.6) is 0 Å². The molecule has 1 aliphatic rings. The van der Waals surface area contributed by atoms with E-state index in [4.69, 9.17) is 17.3 Å². The van der Waals surface area contributed by atoms with Crippen LogP contribution < -0.4 is 11.1 Å². The molecule has 3 N–H and O–H groups in total. The third-order valence-corrected chi connectivity index (χ3v) is 7.20. The minimum absolute atomic E-state index is 0.109. The molecular formula is C21H20ClN3S2. The maximum absolute atomic E-state index is 6.43. The zero-order valence-corrected chi connectivity index (χ0v) is 17.1. The van der Waals surface area contributed by atoms with Gasteiger partial charge in [0.05, 0.1) is 15.9 Å². The largest absolute Gasteiger partial charge is 0.379 e. The van der Waals surface area contributed by atoms with Gasteiger partial charge >= 0.3 is 0 Å². The van der Waals surface area contributed by atoms with Crippen LogP contribution in [0.25, 0.3) is 16.3 Å². The Hall–Kier alpha value is -1.88. The number of nitrogens with two attached hydrogens (primary N) is 1. The summed E-state index contributed by atoms with van der Waals surface area (Å²) in [6.07, 6.45) is 8.13. The first-order valence-corrected chi connectivity index (χ1v) is 10.9. The van der Waals surface area contributed by atoms with Crippen LogP contribution in [0.15, 0.2) is 48.0 Å². The molecule has 3 heterocycles. The number of nitrogens with one attached hydrogen (secondary N) is 1. The molecule has 0 saturated heterocycles. The summed E-state index contributed by atoms with van der Waals surface area (Å²) in [5.74, 6) is 0.276. The van der Waals surface area contributed by atoms with Crippen LogP contribution >= 0.6 is 34.3 Å². The van der Waals surface area contributed by atoms with E-state index in [-0.39, 0.29) is 12.0 Å². The van der Waals surface area contributed by atoms with E-state index in [9.17, 15) is 0 Å². The van der Waals surface area contributed by atoms with Crippen LogP contribution in [0.4, 0.5) is 5.69 Å². The molecule has 138 valence electrons. The summed E-state index contributed by atoms with van der Waals surface area (Å²) in [5, 5.41) is 6.09. The Labute approximate surface area is 171 Å². The summed E-state index contributed by atoms with van der Waals surface area (Å²) in [7, 11) is 0. The molecule has 6 heteroatoms. The lowest BCUT2D eigenvalue weighted by Crippen LogP contribution is -2.29. The van der Waals surface area contributed by atoms with Crippen molar-refractivity contribution in [2.45, 2.75) is 31.3 Å². The molecule has 3 nitrogen and oxygen atoms in total. The first-order valence-electron chi connectivity index (χ1n) is 8.83. The van der Waals surface area contributed by atoms with E-state index in [1.54, 1.807) is 22.7 Å². The molecule has 0 aromatic carbocycles. The highest BCUT2D eigenvalue weighted by Crippen LogP contribution is 2.43. The van der Waals surface area contributed by atoms with Gasteiger partial charge in [-0.3, -0.25) is 0 Å². The number of nitrogens with zero attached hydrogens (tertiary/aromatic N) is 1. The fourth-order valence-electron chi connectivity index (χ4n) is 3.45. The third-order valence-electron chi connectivity index (χ3n) is 4.77. The van der Waals surface area contributed by atoms with Crippen molar-refractivity contribution in [3.63, 3.8) is 0 Å². The van der Waals surface area contributed by atoms with Gasteiger partial charge in [0, 0.05) is 39.9 Å². The molecule has 0 unspecified atom stereocenters. The number of halogens is 1. The van der Waals surface area contributed by atoms with Crippen molar-refractivity contribution < 1.29 is 0 Å². The van der Waals surface area contributed by atoms with Crippen molar-refractivity contribution in [2.24, 2.45) is 5.73 Å². The number of thiophene rings is 2. The van der Waals surface area contributed by atoms with Gasteiger partial charge in [0.2, 0.25) is 0 Å². The van der Waals surface area contributed by atoms with Gasteiger partial charge in [-0.15, -0.1) is 28.4 Å². The molecule has 0 fully saturated rings. The smallest absolute Gasteiger partial charge is 0.131 e. The highest BCUT2D eigenvalue weighted by molar-refractivity contribution is 7.20. The van der Waals surface area contributed by atoms with Crippen molar-refractivity contribution in [2.75, 3.05) is 5.32 Å². The second-order valence-electron chi connectivity index (χ2n) is 6.54. The molecular weight excluding hydrogens is 394 g/mol. The van der Waals surface area contributed by atoms with Gasteiger partial charge in [0.1, 0.15) is 5.15 Å². The van der Waals surface area contributed by atoms with Gasteiger partial charge in [0.15, 0.2) is 0 Å². The van der Waals surface area contributed by atoms with Gasteiger partial charge in [-0.1, -0.05) is 36.4 Å². The fourth-order valence-corrected chi connectivity index (χ4v) is 5.69. The summed E-state index contributed by atoms with van der Waals surface area (Å²) in [6, 6.07) is 6.19. The van der Waals surface area contributed by atoms with E-state index in [2.05, 4.69) is 52.3 Å². The minimum atomic E-state index is 0.109. The van der Waals surface area contributed by atoms with Crippen molar-refractivity contribution in [1.82, 2.24) is 4.98 Å². The Bertz CT molecular complexity index is 1030. The molecule has 27 heavy (non-hydrogen) atoms.